The molecule has 0 aliphatic carbocycles. The van der Waals surface area contributed by atoms with Gasteiger partial charge in [0.2, 0.25) is 11.8 Å². The smallest absolute Gasteiger partial charge is 0.255 e. The zero-order valence-electron chi connectivity index (χ0n) is 15.4. The molecule has 0 radical (unpaired) electrons. The molecular formula is C21H22N4O3. The summed E-state index contributed by atoms with van der Waals surface area (Å²) >= 11 is 0. The molecule has 1 unspecified atom stereocenters. The van der Waals surface area contributed by atoms with Crippen LogP contribution in [0, 0.1) is 0 Å². The number of amides is 3. The van der Waals surface area contributed by atoms with Crippen LogP contribution in [-0.2, 0) is 29.2 Å². The van der Waals surface area contributed by atoms with Gasteiger partial charge < -0.3 is 16.0 Å². The van der Waals surface area contributed by atoms with Crippen molar-refractivity contribution in [2.45, 2.75) is 38.5 Å². The molecule has 4 N–H and O–H groups in total. The molecule has 7 nitrogen and oxygen atoms in total. The number of fused-ring (bicyclic) bond motifs is 1. The van der Waals surface area contributed by atoms with Crippen LogP contribution < -0.4 is 16.4 Å². The molecule has 4 rings (SSSR count). The van der Waals surface area contributed by atoms with E-state index in [0.717, 1.165) is 22.4 Å². The number of carbonyl (C=O) groups excluding carboxylic acids is 3. The van der Waals surface area contributed by atoms with Crippen LogP contribution in [-0.4, -0.2) is 28.7 Å². The zero-order chi connectivity index (χ0) is 19.7. The summed E-state index contributed by atoms with van der Waals surface area (Å²) < 4.78 is 0. The number of nitrogens with one attached hydrogen (secondary N) is 2. The Hall–Kier alpha value is -3.19. The number of hydrogen-bond donors (Lipinski definition) is 3. The Morgan fingerprint density at radius 2 is 1.93 bits per heavy atom. The summed E-state index contributed by atoms with van der Waals surface area (Å²) in [5.74, 6) is -0.822. The Morgan fingerprint density at radius 3 is 2.71 bits per heavy atom. The number of nitrogens with zero attached hydrogens (tertiary/aromatic N) is 1. The summed E-state index contributed by atoms with van der Waals surface area (Å²) in [4.78, 5) is 38.0. The van der Waals surface area contributed by atoms with E-state index in [2.05, 4.69) is 10.6 Å². The molecule has 0 saturated carbocycles. The summed E-state index contributed by atoms with van der Waals surface area (Å²) in [6.07, 6.45) is 0.624. The Balaban J connectivity index is 1.47. The molecule has 0 spiro atoms. The number of nitrogens with two attached hydrogens (primary N) is 1. The van der Waals surface area contributed by atoms with Crippen molar-refractivity contribution < 1.29 is 14.4 Å². The molecule has 1 saturated heterocycles. The second-order valence-corrected chi connectivity index (χ2v) is 7.19. The third kappa shape index (κ3) is 3.48. The number of anilines is 1. The number of hydrogen-bond acceptors (Lipinski definition) is 5. The van der Waals surface area contributed by atoms with Gasteiger partial charge in [0, 0.05) is 37.3 Å². The van der Waals surface area contributed by atoms with E-state index in [1.165, 1.54) is 0 Å². The van der Waals surface area contributed by atoms with Crippen molar-refractivity contribution >= 4 is 23.4 Å². The molecule has 1 fully saturated rings. The normalized spacial score (nSPS) is 18.9. The Labute approximate surface area is 162 Å². The van der Waals surface area contributed by atoms with E-state index in [4.69, 9.17) is 5.73 Å². The highest BCUT2D eigenvalue weighted by molar-refractivity contribution is 6.05. The number of nitrogen functional groups attached to an aromatic ring is 1. The summed E-state index contributed by atoms with van der Waals surface area (Å²) in [5, 5.41) is 5.72. The monoisotopic (exact) mass is 378 g/mol. The van der Waals surface area contributed by atoms with Crippen molar-refractivity contribution in [3.8, 4) is 0 Å². The second-order valence-electron chi connectivity index (χ2n) is 7.19. The van der Waals surface area contributed by atoms with E-state index in [-0.39, 0.29) is 18.2 Å². The van der Waals surface area contributed by atoms with Gasteiger partial charge >= 0.3 is 0 Å². The van der Waals surface area contributed by atoms with E-state index >= 15 is 0 Å². The average Bonchev–Trinajstić information content (AvgIpc) is 2.99. The summed E-state index contributed by atoms with van der Waals surface area (Å²) in [7, 11) is 0. The van der Waals surface area contributed by atoms with Gasteiger partial charge in [-0.05, 0) is 41.3 Å². The lowest BCUT2D eigenvalue weighted by atomic mass is 10.0. The Kier molecular flexibility index (Phi) is 4.83. The minimum absolute atomic E-state index is 0.151. The fourth-order valence-corrected chi connectivity index (χ4v) is 3.86. The van der Waals surface area contributed by atoms with E-state index in [0.29, 0.717) is 31.6 Å². The van der Waals surface area contributed by atoms with Crippen molar-refractivity contribution in [2.24, 2.45) is 0 Å². The first-order valence-electron chi connectivity index (χ1n) is 9.33. The van der Waals surface area contributed by atoms with Crippen LogP contribution in [0.1, 0.15) is 39.9 Å². The zero-order valence-corrected chi connectivity index (χ0v) is 15.4. The molecule has 2 heterocycles. The van der Waals surface area contributed by atoms with Crippen molar-refractivity contribution in [3.05, 3.63) is 64.7 Å². The first-order chi connectivity index (χ1) is 13.5. The van der Waals surface area contributed by atoms with Crippen LogP contribution in [0.2, 0.25) is 0 Å². The highest BCUT2D eigenvalue weighted by Crippen LogP contribution is 2.29. The van der Waals surface area contributed by atoms with Gasteiger partial charge in [-0.3, -0.25) is 19.7 Å². The van der Waals surface area contributed by atoms with E-state index in [9.17, 15) is 14.4 Å². The molecular weight excluding hydrogens is 356 g/mol. The first-order valence-corrected chi connectivity index (χ1v) is 9.33. The predicted octanol–water partition coefficient (Wildman–Crippen LogP) is 1.32. The second kappa shape index (κ2) is 7.44. The van der Waals surface area contributed by atoms with E-state index < -0.39 is 11.9 Å². The van der Waals surface area contributed by atoms with Crippen molar-refractivity contribution in [1.29, 1.82) is 0 Å². The Bertz CT molecular complexity index is 956. The molecule has 28 heavy (non-hydrogen) atoms. The van der Waals surface area contributed by atoms with Gasteiger partial charge in [-0.1, -0.05) is 24.3 Å². The average molecular weight is 378 g/mol. The van der Waals surface area contributed by atoms with Crippen LogP contribution in [0.25, 0.3) is 0 Å². The van der Waals surface area contributed by atoms with Crippen molar-refractivity contribution in [3.63, 3.8) is 0 Å². The first kappa shape index (κ1) is 18.2. The molecule has 0 aromatic heterocycles. The molecule has 0 bridgehead atoms. The van der Waals surface area contributed by atoms with Gasteiger partial charge in [0.25, 0.3) is 5.91 Å². The predicted molar refractivity (Wildman–Crippen MR) is 104 cm³/mol. The third-order valence-corrected chi connectivity index (χ3v) is 5.27. The van der Waals surface area contributed by atoms with Crippen LogP contribution in [0.3, 0.4) is 0 Å². The molecule has 2 aromatic carbocycles. The number of carbonyl (C=O) groups is 3. The van der Waals surface area contributed by atoms with Crippen LogP contribution in [0.15, 0.2) is 42.5 Å². The van der Waals surface area contributed by atoms with Gasteiger partial charge in [0.15, 0.2) is 0 Å². The van der Waals surface area contributed by atoms with Gasteiger partial charge in [0.1, 0.15) is 6.04 Å². The van der Waals surface area contributed by atoms with Crippen molar-refractivity contribution in [2.75, 3.05) is 5.73 Å². The molecule has 2 aliphatic rings. The quantitative estimate of drug-likeness (QED) is 0.538. The van der Waals surface area contributed by atoms with Crippen LogP contribution in [0.5, 0.6) is 0 Å². The minimum atomic E-state index is -0.592. The van der Waals surface area contributed by atoms with Gasteiger partial charge in [-0.15, -0.1) is 0 Å². The molecule has 7 heteroatoms. The maximum atomic E-state index is 12.8. The van der Waals surface area contributed by atoms with Crippen molar-refractivity contribution in [1.82, 2.24) is 15.5 Å². The largest absolute Gasteiger partial charge is 0.399 e. The number of piperidine rings is 1. The molecule has 3 amide bonds. The number of imide groups is 1. The molecule has 2 aromatic rings. The Morgan fingerprint density at radius 1 is 1.11 bits per heavy atom. The maximum absolute atomic E-state index is 12.8. The lowest BCUT2D eigenvalue weighted by Gasteiger charge is -2.29. The summed E-state index contributed by atoms with van der Waals surface area (Å²) in [6.45, 7) is 1.66. The van der Waals surface area contributed by atoms with Gasteiger partial charge in [0.05, 0.1) is 0 Å². The SMILES string of the molecule is Nc1cccc(CNCc2cccc3c2CN(C2CCC(=O)NC2=O)C3=O)c1. The fourth-order valence-electron chi connectivity index (χ4n) is 3.86. The lowest BCUT2D eigenvalue weighted by molar-refractivity contribution is -0.136. The molecule has 1 atom stereocenters. The third-order valence-electron chi connectivity index (χ3n) is 5.27. The van der Waals surface area contributed by atoms with Gasteiger partial charge in [-0.25, -0.2) is 0 Å². The van der Waals surface area contributed by atoms with E-state index in [1.807, 2.05) is 36.4 Å². The number of rotatable bonds is 5. The molecule has 144 valence electrons. The summed E-state index contributed by atoms with van der Waals surface area (Å²) in [6, 6.07) is 12.8. The van der Waals surface area contributed by atoms with E-state index in [1.54, 1.807) is 11.0 Å². The highest BCUT2D eigenvalue weighted by atomic mass is 16.2. The summed E-state index contributed by atoms with van der Waals surface area (Å²) in [5.41, 5.74) is 10.2. The standard InChI is InChI=1S/C21H22N4O3/c22-15-5-1-3-13(9-15)10-23-11-14-4-2-6-16-17(14)12-25(21(16)28)18-7-8-19(26)24-20(18)27/h1-6,9,18,23H,7-8,10-12,22H2,(H,24,26,27). The maximum Gasteiger partial charge on any atom is 0.255 e. The highest BCUT2D eigenvalue weighted by Gasteiger charge is 2.39. The minimum Gasteiger partial charge on any atom is -0.399 e. The van der Waals surface area contributed by atoms with Gasteiger partial charge in [-0.2, -0.15) is 0 Å². The fraction of sp³-hybridized carbons (Fsp3) is 0.286. The van der Waals surface area contributed by atoms with Crippen LogP contribution in [0.4, 0.5) is 5.69 Å². The molecule has 2 aliphatic heterocycles. The number of benzene rings is 2. The van der Waals surface area contributed by atoms with Crippen LogP contribution >= 0.6 is 0 Å². The lowest BCUT2D eigenvalue weighted by Crippen LogP contribution is -2.52. The topological polar surface area (TPSA) is 105 Å².